The summed E-state index contributed by atoms with van der Waals surface area (Å²) < 4.78 is 9.91. The van der Waals surface area contributed by atoms with E-state index in [2.05, 4.69) is 15.4 Å². The molecule has 17 heavy (non-hydrogen) atoms. The first-order chi connectivity index (χ1) is 8.13. The maximum atomic E-state index is 11.4. The minimum atomic E-state index is -0.614. The van der Waals surface area contributed by atoms with Crippen LogP contribution in [0, 0.1) is 0 Å². The van der Waals surface area contributed by atoms with Crippen molar-refractivity contribution < 1.29 is 19.1 Å². The maximum Gasteiger partial charge on any atom is 0.328 e. The van der Waals surface area contributed by atoms with Gasteiger partial charge in [0.2, 0.25) is 5.91 Å². The van der Waals surface area contributed by atoms with Crippen LogP contribution in [0.2, 0.25) is 0 Å². The van der Waals surface area contributed by atoms with Crippen molar-refractivity contribution in [1.82, 2.24) is 10.6 Å². The van der Waals surface area contributed by atoms with Crippen molar-refractivity contribution in [2.45, 2.75) is 31.9 Å². The molecule has 0 aliphatic carbocycles. The molecular weight excluding hydrogens is 224 g/mol. The van der Waals surface area contributed by atoms with Crippen molar-refractivity contribution in [3.05, 3.63) is 0 Å². The molecule has 0 aromatic rings. The molecule has 6 nitrogen and oxygen atoms in total. The predicted molar refractivity (Wildman–Crippen MR) is 61.5 cm³/mol. The van der Waals surface area contributed by atoms with E-state index in [9.17, 15) is 9.59 Å². The van der Waals surface area contributed by atoms with E-state index in [1.54, 1.807) is 6.92 Å². The molecule has 1 heterocycles. The molecule has 6 heteroatoms. The zero-order chi connectivity index (χ0) is 12.7. The average molecular weight is 244 g/mol. The zero-order valence-corrected chi connectivity index (χ0v) is 10.3. The third-order valence-electron chi connectivity index (χ3n) is 2.61. The molecule has 0 aromatic carbocycles. The van der Waals surface area contributed by atoms with E-state index in [0.29, 0.717) is 6.54 Å². The molecule has 2 unspecified atom stereocenters. The first kappa shape index (κ1) is 13.9. The average Bonchev–Trinajstić information content (AvgIpc) is 2.80. The van der Waals surface area contributed by atoms with Gasteiger partial charge in [-0.2, -0.15) is 0 Å². The Labute approximate surface area is 101 Å². The molecule has 0 saturated carbocycles. The quantitative estimate of drug-likeness (QED) is 0.612. The number of ether oxygens (including phenoxy) is 2. The Morgan fingerprint density at radius 2 is 2.29 bits per heavy atom. The van der Waals surface area contributed by atoms with E-state index in [1.165, 1.54) is 7.11 Å². The molecule has 1 fully saturated rings. The largest absolute Gasteiger partial charge is 0.467 e. The lowest BCUT2D eigenvalue weighted by molar-refractivity contribution is -0.144. The summed E-state index contributed by atoms with van der Waals surface area (Å²) in [6, 6.07) is -0.614. The van der Waals surface area contributed by atoms with Crippen LogP contribution >= 0.6 is 0 Å². The Hall–Kier alpha value is -1.14. The third-order valence-corrected chi connectivity index (χ3v) is 2.61. The lowest BCUT2D eigenvalue weighted by Crippen LogP contribution is -2.44. The Morgan fingerprint density at radius 3 is 2.88 bits per heavy atom. The molecule has 98 valence electrons. The third kappa shape index (κ3) is 5.14. The number of hydrogen-bond acceptors (Lipinski definition) is 5. The summed E-state index contributed by atoms with van der Waals surface area (Å²) in [7, 11) is 1.29. The van der Waals surface area contributed by atoms with Crippen LogP contribution in [0.4, 0.5) is 0 Å². The summed E-state index contributed by atoms with van der Waals surface area (Å²) in [5.41, 5.74) is 0. The number of carbonyl (C=O) groups excluding carboxylic acids is 2. The van der Waals surface area contributed by atoms with Crippen molar-refractivity contribution in [2.24, 2.45) is 0 Å². The van der Waals surface area contributed by atoms with E-state index < -0.39 is 12.0 Å². The highest BCUT2D eigenvalue weighted by atomic mass is 16.5. The predicted octanol–water partition coefficient (Wildman–Crippen LogP) is -0.567. The lowest BCUT2D eigenvalue weighted by atomic mass is 10.2. The van der Waals surface area contributed by atoms with Crippen LogP contribution in [-0.4, -0.2) is 50.8 Å². The molecule has 1 saturated heterocycles. The number of methoxy groups -OCH3 is 1. The van der Waals surface area contributed by atoms with E-state index >= 15 is 0 Å². The van der Waals surface area contributed by atoms with E-state index in [0.717, 1.165) is 19.4 Å². The number of carbonyl (C=O) groups is 2. The zero-order valence-electron chi connectivity index (χ0n) is 10.3. The highest BCUT2D eigenvalue weighted by Crippen LogP contribution is 2.10. The Kier molecular flexibility index (Phi) is 5.93. The van der Waals surface area contributed by atoms with Crippen molar-refractivity contribution in [1.29, 1.82) is 0 Å². The van der Waals surface area contributed by atoms with Gasteiger partial charge < -0.3 is 20.1 Å². The fraction of sp³-hybridized carbons (Fsp3) is 0.818. The summed E-state index contributed by atoms with van der Waals surface area (Å²) in [6.07, 6.45) is 2.33. The maximum absolute atomic E-state index is 11.4. The minimum Gasteiger partial charge on any atom is -0.467 e. The van der Waals surface area contributed by atoms with Crippen LogP contribution in [0.25, 0.3) is 0 Å². The molecule has 1 aliphatic heterocycles. The summed E-state index contributed by atoms with van der Waals surface area (Å²) in [5.74, 6) is -0.668. The number of hydrogen-bond donors (Lipinski definition) is 2. The van der Waals surface area contributed by atoms with Crippen LogP contribution in [-0.2, 0) is 19.1 Å². The molecular formula is C11H20N2O4. The van der Waals surface area contributed by atoms with Gasteiger partial charge >= 0.3 is 5.97 Å². The van der Waals surface area contributed by atoms with Gasteiger partial charge in [0.25, 0.3) is 0 Å². The lowest BCUT2D eigenvalue weighted by Gasteiger charge is -2.13. The topological polar surface area (TPSA) is 76.7 Å². The van der Waals surface area contributed by atoms with Gasteiger partial charge in [-0.15, -0.1) is 0 Å². The molecule has 0 bridgehead atoms. The first-order valence-corrected chi connectivity index (χ1v) is 5.83. The van der Waals surface area contributed by atoms with Crippen molar-refractivity contribution in [2.75, 3.05) is 26.8 Å². The van der Waals surface area contributed by atoms with Gasteiger partial charge in [0.15, 0.2) is 0 Å². The van der Waals surface area contributed by atoms with Crippen molar-refractivity contribution in [3.63, 3.8) is 0 Å². The number of nitrogens with one attached hydrogen (secondary N) is 2. The van der Waals surface area contributed by atoms with Gasteiger partial charge in [0.1, 0.15) is 6.04 Å². The second kappa shape index (κ2) is 7.24. The molecule has 2 N–H and O–H groups in total. The van der Waals surface area contributed by atoms with Gasteiger partial charge in [-0.25, -0.2) is 4.79 Å². The van der Waals surface area contributed by atoms with Crippen LogP contribution in [0.15, 0.2) is 0 Å². The molecule has 1 rings (SSSR count). The molecule has 0 radical (unpaired) electrons. The Bertz CT molecular complexity index is 264. The van der Waals surface area contributed by atoms with Crippen LogP contribution in [0.5, 0.6) is 0 Å². The van der Waals surface area contributed by atoms with Crippen LogP contribution in [0.3, 0.4) is 0 Å². The Morgan fingerprint density at radius 1 is 1.53 bits per heavy atom. The van der Waals surface area contributed by atoms with Gasteiger partial charge in [0.05, 0.1) is 19.8 Å². The molecule has 2 atom stereocenters. The fourth-order valence-electron chi connectivity index (χ4n) is 1.68. The van der Waals surface area contributed by atoms with E-state index in [-0.39, 0.29) is 18.6 Å². The second-order valence-electron chi connectivity index (χ2n) is 4.08. The van der Waals surface area contributed by atoms with Gasteiger partial charge in [0, 0.05) is 13.2 Å². The van der Waals surface area contributed by atoms with Crippen molar-refractivity contribution >= 4 is 11.9 Å². The summed E-state index contributed by atoms with van der Waals surface area (Å²) >= 11 is 0. The SMILES string of the molecule is COC(=O)C(C)NC(=O)CNCC1CCCO1. The normalized spacial score (nSPS) is 20.9. The molecule has 1 amide bonds. The molecule has 0 spiro atoms. The smallest absolute Gasteiger partial charge is 0.328 e. The summed E-state index contributed by atoms with van der Waals surface area (Å²) in [4.78, 5) is 22.5. The monoisotopic (exact) mass is 244 g/mol. The standard InChI is InChI=1S/C11H20N2O4/c1-8(11(15)16-2)13-10(14)7-12-6-9-4-3-5-17-9/h8-9,12H,3-7H2,1-2H3,(H,13,14). The fourth-order valence-corrected chi connectivity index (χ4v) is 1.68. The number of esters is 1. The summed E-state index contributed by atoms with van der Waals surface area (Å²) in [5, 5.41) is 5.54. The first-order valence-electron chi connectivity index (χ1n) is 5.83. The minimum absolute atomic E-state index is 0.182. The van der Waals surface area contributed by atoms with Gasteiger partial charge in [-0.1, -0.05) is 0 Å². The summed E-state index contributed by atoms with van der Waals surface area (Å²) in [6.45, 7) is 3.24. The highest BCUT2D eigenvalue weighted by molar-refractivity contribution is 5.85. The van der Waals surface area contributed by atoms with Crippen molar-refractivity contribution in [3.8, 4) is 0 Å². The van der Waals surface area contributed by atoms with Gasteiger partial charge in [-0.3, -0.25) is 4.79 Å². The second-order valence-corrected chi connectivity index (χ2v) is 4.08. The van der Waals surface area contributed by atoms with E-state index in [4.69, 9.17) is 4.74 Å². The Balaban J connectivity index is 2.10. The molecule has 0 aromatic heterocycles. The van der Waals surface area contributed by atoms with Crippen LogP contribution in [0.1, 0.15) is 19.8 Å². The highest BCUT2D eigenvalue weighted by Gasteiger charge is 2.17. The number of rotatable bonds is 6. The molecule has 1 aliphatic rings. The number of amides is 1. The van der Waals surface area contributed by atoms with Crippen LogP contribution < -0.4 is 10.6 Å². The van der Waals surface area contributed by atoms with Gasteiger partial charge in [-0.05, 0) is 19.8 Å². The van der Waals surface area contributed by atoms with E-state index in [1.807, 2.05) is 0 Å².